The van der Waals surface area contributed by atoms with E-state index < -0.39 is 22.2 Å². The van der Waals surface area contributed by atoms with Crippen LogP contribution in [-0.2, 0) is 19.5 Å². The van der Waals surface area contributed by atoms with Gasteiger partial charge in [0.25, 0.3) is 0 Å². The van der Waals surface area contributed by atoms with E-state index in [9.17, 15) is 13.2 Å². The van der Waals surface area contributed by atoms with Crippen molar-refractivity contribution in [2.75, 3.05) is 29.5 Å². The summed E-state index contributed by atoms with van der Waals surface area (Å²) in [5.41, 5.74) is 0.925. The van der Waals surface area contributed by atoms with E-state index in [-0.39, 0.29) is 12.4 Å². The second kappa shape index (κ2) is 7.84. The monoisotopic (exact) mass is 316 g/mol. The zero-order chi connectivity index (χ0) is 15.9. The molecule has 0 aliphatic heterocycles. The van der Waals surface area contributed by atoms with Gasteiger partial charge in [0.2, 0.25) is 10.0 Å². The van der Waals surface area contributed by atoms with Crippen LogP contribution < -0.4 is 10.0 Å². The molecule has 0 aromatic heterocycles. The van der Waals surface area contributed by atoms with Crippen LogP contribution in [0, 0.1) is 0 Å². The zero-order valence-corrected chi connectivity index (χ0v) is 13.1. The van der Waals surface area contributed by atoms with Crippen LogP contribution in [0.2, 0.25) is 0 Å². The van der Waals surface area contributed by atoms with Gasteiger partial charge in [-0.05, 0) is 38.1 Å². The van der Waals surface area contributed by atoms with E-state index >= 15 is 0 Å². The first-order valence-electron chi connectivity index (χ1n) is 6.43. The van der Waals surface area contributed by atoms with E-state index in [1.54, 1.807) is 38.1 Å². The summed E-state index contributed by atoms with van der Waals surface area (Å²) in [5.74, 6) is -0.133. The van der Waals surface area contributed by atoms with Gasteiger partial charge in [-0.15, -0.1) is 0 Å². The van der Waals surface area contributed by atoms with E-state index in [2.05, 4.69) is 10.0 Å². The van der Waals surface area contributed by atoms with E-state index in [1.807, 2.05) is 0 Å². The number of rotatable bonds is 7. The van der Waals surface area contributed by atoms with Gasteiger partial charge in [-0.2, -0.15) is 0 Å². The molecule has 0 fully saturated rings. The van der Waals surface area contributed by atoms with Crippen molar-refractivity contribution in [1.82, 2.24) is 0 Å². The van der Waals surface area contributed by atoms with Gasteiger partial charge >= 0.3 is 6.09 Å². The molecule has 0 aliphatic rings. The fourth-order valence-corrected chi connectivity index (χ4v) is 2.84. The van der Waals surface area contributed by atoms with E-state index in [0.717, 1.165) is 0 Å². The SMILES string of the molecule is CCOC(=O)Nc1ccc(NS(=O)(=O)C[C@H](C)OC)cc1. The highest BCUT2D eigenvalue weighted by molar-refractivity contribution is 7.92. The van der Waals surface area contributed by atoms with Crippen molar-refractivity contribution in [3.05, 3.63) is 24.3 Å². The number of hydrogen-bond acceptors (Lipinski definition) is 5. The van der Waals surface area contributed by atoms with Crippen LogP contribution in [-0.4, -0.2) is 40.1 Å². The minimum absolute atomic E-state index is 0.133. The number of carbonyl (C=O) groups excluding carboxylic acids is 1. The Hall–Kier alpha value is -1.80. The first kappa shape index (κ1) is 17.3. The van der Waals surface area contributed by atoms with E-state index in [1.165, 1.54) is 7.11 Å². The quantitative estimate of drug-likeness (QED) is 0.803. The number of amides is 1. The summed E-state index contributed by atoms with van der Waals surface area (Å²) in [6.45, 7) is 3.66. The first-order chi connectivity index (χ1) is 9.86. The van der Waals surface area contributed by atoms with Gasteiger partial charge in [-0.3, -0.25) is 10.0 Å². The molecule has 118 valence electrons. The van der Waals surface area contributed by atoms with Crippen molar-refractivity contribution in [1.29, 1.82) is 0 Å². The van der Waals surface area contributed by atoms with Crippen LogP contribution in [0.4, 0.5) is 16.2 Å². The third-order valence-corrected chi connectivity index (χ3v) is 3.99. The van der Waals surface area contributed by atoms with Gasteiger partial charge in [0.15, 0.2) is 0 Å². The molecule has 0 heterocycles. The maximum atomic E-state index is 11.8. The Bertz CT molecular complexity index is 556. The van der Waals surface area contributed by atoms with Gasteiger partial charge in [0.1, 0.15) is 0 Å². The van der Waals surface area contributed by atoms with Crippen LogP contribution in [0.5, 0.6) is 0 Å². The van der Waals surface area contributed by atoms with Crippen molar-refractivity contribution in [3.8, 4) is 0 Å². The summed E-state index contributed by atoms with van der Waals surface area (Å²) in [4.78, 5) is 11.2. The van der Waals surface area contributed by atoms with Gasteiger partial charge in [-0.1, -0.05) is 0 Å². The maximum absolute atomic E-state index is 11.8. The zero-order valence-electron chi connectivity index (χ0n) is 12.3. The van der Waals surface area contributed by atoms with Crippen molar-refractivity contribution in [3.63, 3.8) is 0 Å². The first-order valence-corrected chi connectivity index (χ1v) is 8.08. The second-order valence-corrected chi connectivity index (χ2v) is 6.12. The number of nitrogens with one attached hydrogen (secondary N) is 2. The molecule has 1 amide bonds. The number of carbonyl (C=O) groups is 1. The third-order valence-electron chi connectivity index (χ3n) is 2.54. The van der Waals surface area contributed by atoms with Gasteiger partial charge in [0, 0.05) is 18.5 Å². The van der Waals surface area contributed by atoms with Crippen molar-refractivity contribution in [2.24, 2.45) is 0 Å². The molecule has 0 saturated heterocycles. The standard InChI is InChI=1S/C13H20N2O5S/c1-4-20-13(16)14-11-5-7-12(8-6-11)15-21(17,18)9-10(2)19-3/h5-8,10,15H,4,9H2,1-3H3,(H,14,16)/t10-/m0/s1. The number of sulfonamides is 1. The minimum atomic E-state index is -3.48. The van der Waals surface area contributed by atoms with Crippen LogP contribution >= 0.6 is 0 Å². The van der Waals surface area contributed by atoms with Gasteiger partial charge in [0.05, 0.1) is 18.5 Å². The summed E-state index contributed by atoms with van der Waals surface area (Å²) in [6, 6.07) is 6.26. The minimum Gasteiger partial charge on any atom is -0.450 e. The molecule has 0 bridgehead atoms. The molecule has 8 heteroatoms. The average Bonchev–Trinajstić information content (AvgIpc) is 2.40. The molecule has 0 unspecified atom stereocenters. The molecule has 7 nitrogen and oxygen atoms in total. The highest BCUT2D eigenvalue weighted by Crippen LogP contribution is 2.15. The van der Waals surface area contributed by atoms with Crippen LogP contribution in [0.3, 0.4) is 0 Å². The molecular formula is C13H20N2O5S. The molecule has 21 heavy (non-hydrogen) atoms. The van der Waals surface area contributed by atoms with Crippen LogP contribution in [0.1, 0.15) is 13.8 Å². The fourth-order valence-electron chi connectivity index (χ4n) is 1.50. The average molecular weight is 316 g/mol. The van der Waals surface area contributed by atoms with Gasteiger partial charge < -0.3 is 9.47 Å². The predicted molar refractivity (Wildman–Crippen MR) is 81.0 cm³/mol. The number of hydrogen-bond donors (Lipinski definition) is 2. The predicted octanol–water partition coefficient (Wildman–Crippen LogP) is 2.03. The molecule has 2 N–H and O–H groups in total. The Balaban J connectivity index is 2.64. The summed E-state index contributed by atoms with van der Waals surface area (Å²) in [6.07, 6.45) is -0.952. The number of methoxy groups -OCH3 is 1. The fraction of sp³-hybridized carbons (Fsp3) is 0.462. The van der Waals surface area contributed by atoms with E-state index in [0.29, 0.717) is 11.4 Å². The Morgan fingerprint density at radius 2 is 1.81 bits per heavy atom. The summed E-state index contributed by atoms with van der Waals surface area (Å²) in [5, 5.41) is 2.52. The smallest absolute Gasteiger partial charge is 0.411 e. The molecule has 1 atom stereocenters. The Kier molecular flexibility index (Phi) is 6.44. The third kappa shape index (κ3) is 6.46. The van der Waals surface area contributed by atoms with E-state index in [4.69, 9.17) is 9.47 Å². The largest absolute Gasteiger partial charge is 0.450 e. The molecule has 1 rings (SSSR count). The number of anilines is 2. The lowest BCUT2D eigenvalue weighted by molar-refractivity contribution is 0.136. The molecule has 1 aromatic rings. The van der Waals surface area contributed by atoms with Crippen molar-refractivity contribution >= 4 is 27.5 Å². The highest BCUT2D eigenvalue weighted by Gasteiger charge is 2.15. The Labute approximate surface area is 124 Å². The Morgan fingerprint density at radius 1 is 1.24 bits per heavy atom. The van der Waals surface area contributed by atoms with Gasteiger partial charge in [-0.25, -0.2) is 13.2 Å². The lowest BCUT2D eigenvalue weighted by Crippen LogP contribution is -2.25. The number of benzene rings is 1. The Morgan fingerprint density at radius 3 is 2.33 bits per heavy atom. The van der Waals surface area contributed by atoms with Crippen LogP contribution in [0.25, 0.3) is 0 Å². The van der Waals surface area contributed by atoms with Crippen LogP contribution in [0.15, 0.2) is 24.3 Å². The highest BCUT2D eigenvalue weighted by atomic mass is 32.2. The van der Waals surface area contributed by atoms with Crippen molar-refractivity contribution < 1.29 is 22.7 Å². The molecule has 0 aliphatic carbocycles. The maximum Gasteiger partial charge on any atom is 0.411 e. The number of ether oxygens (including phenoxy) is 2. The molecule has 1 aromatic carbocycles. The normalized spacial score (nSPS) is 12.5. The lowest BCUT2D eigenvalue weighted by Gasteiger charge is -2.12. The molecule has 0 spiro atoms. The molecule has 0 radical (unpaired) electrons. The molecule has 0 saturated carbocycles. The topological polar surface area (TPSA) is 93.7 Å². The molecular weight excluding hydrogens is 296 g/mol. The summed E-state index contributed by atoms with van der Waals surface area (Å²) in [7, 11) is -2.02. The van der Waals surface area contributed by atoms with Crippen molar-refractivity contribution in [2.45, 2.75) is 20.0 Å². The second-order valence-electron chi connectivity index (χ2n) is 4.35. The summed E-state index contributed by atoms with van der Waals surface area (Å²) >= 11 is 0. The lowest BCUT2D eigenvalue weighted by atomic mass is 10.3. The summed E-state index contributed by atoms with van der Waals surface area (Å²) < 4.78 is 35.8.